The molecule has 0 amide bonds. The Labute approximate surface area is 120 Å². The zero-order valence-electron chi connectivity index (χ0n) is 10.0. The summed E-state index contributed by atoms with van der Waals surface area (Å²) in [6, 6.07) is 15.6. The summed E-state index contributed by atoms with van der Waals surface area (Å²) in [5.41, 5.74) is 1.85. The fourth-order valence-corrected chi connectivity index (χ4v) is 2.64. The fourth-order valence-electron chi connectivity index (χ4n) is 1.76. The highest BCUT2D eigenvalue weighted by Crippen LogP contribution is 2.21. The summed E-state index contributed by atoms with van der Waals surface area (Å²) in [6.45, 7) is 0. The van der Waals surface area contributed by atoms with E-state index in [9.17, 15) is 4.79 Å². The molecule has 2 aromatic carbocycles. The number of Topliss-reactive ketones (excluding diaryl/α,β-unsaturated/α-hetero) is 1. The van der Waals surface area contributed by atoms with Gasteiger partial charge in [-0.15, -0.1) is 11.8 Å². The number of thioether (sulfide) groups is 1. The Kier molecular flexibility index (Phi) is 4.61. The van der Waals surface area contributed by atoms with Crippen LogP contribution in [0.2, 0.25) is 0 Å². The van der Waals surface area contributed by atoms with Crippen LogP contribution in [0, 0.1) is 0 Å². The lowest BCUT2D eigenvalue weighted by molar-refractivity contribution is 0.0990. The van der Waals surface area contributed by atoms with Crippen LogP contribution in [0.5, 0.6) is 0 Å². The third-order valence-electron chi connectivity index (χ3n) is 2.69. The number of carbonyl (C=O) groups is 1. The fraction of sp³-hybridized carbons (Fsp3) is 0.133. The van der Waals surface area contributed by atoms with Gasteiger partial charge in [0.1, 0.15) is 0 Å². The van der Waals surface area contributed by atoms with Gasteiger partial charge in [0.25, 0.3) is 0 Å². The first-order chi connectivity index (χ1) is 8.70. The number of hydrogen-bond donors (Lipinski definition) is 0. The van der Waals surface area contributed by atoms with Gasteiger partial charge in [-0.25, -0.2) is 0 Å². The second kappa shape index (κ2) is 6.21. The third kappa shape index (κ3) is 3.24. The van der Waals surface area contributed by atoms with Crippen molar-refractivity contribution in [3.05, 3.63) is 64.1 Å². The molecule has 0 bridgehead atoms. The summed E-state index contributed by atoms with van der Waals surface area (Å²) in [6.07, 6.45) is 2.44. The highest BCUT2D eigenvalue weighted by Gasteiger charge is 2.10. The molecular formula is C15H13BrOS. The van der Waals surface area contributed by atoms with Crippen molar-refractivity contribution in [3.8, 4) is 0 Å². The number of ketones is 1. The van der Waals surface area contributed by atoms with Crippen LogP contribution in [0.1, 0.15) is 15.9 Å². The van der Waals surface area contributed by atoms with Crippen LogP contribution in [-0.2, 0) is 6.42 Å². The van der Waals surface area contributed by atoms with E-state index in [0.29, 0.717) is 6.42 Å². The molecule has 0 unspecified atom stereocenters. The van der Waals surface area contributed by atoms with Gasteiger partial charge in [0.15, 0.2) is 5.78 Å². The minimum absolute atomic E-state index is 0.169. The molecule has 0 fully saturated rings. The Bertz CT molecular complexity index is 549. The lowest BCUT2D eigenvalue weighted by atomic mass is 10.0. The minimum atomic E-state index is 0.169. The first-order valence-corrected chi connectivity index (χ1v) is 7.63. The Morgan fingerprint density at radius 2 is 1.78 bits per heavy atom. The first-order valence-electron chi connectivity index (χ1n) is 5.61. The van der Waals surface area contributed by atoms with Crippen LogP contribution in [0.25, 0.3) is 0 Å². The van der Waals surface area contributed by atoms with Crippen LogP contribution in [0.15, 0.2) is 57.9 Å². The maximum Gasteiger partial charge on any atom is 0.168 e. The quantitative estimate of drug-likeness (QED) is 0.605. The number of rotatable bonds is 4. The molecule has 0 N–H and O–H groups in total. The molecule has 2 rings (SSSR count). The molecule has 3 heteroatoms. The van der Waals surface area contributed by atoms with Gasteiger partial charge < -0.3 is 0 Å². The van der Waals surface area contributed by atoms with Crippen LogP contribution >= 0.6 is 27.7 Å². The van der Waals surface area contributed by atoms with Crippen molar-refractivity contribution < 1.29 is 4.79 Å². The normalized spacial score (nSPS) is 10.3. The Hall–Kier alpha value is -1.06. The third-order valence-corrected chi connectivity index (χ3v) is 4.01. The van der Waals surface area contributed by atoms with Gasteiger partial charge in [-0.05, 0) is 30.0 Å². The predicted molar refractivity (Wildman–Crippen MR) is 80.4 cm³/mol. The van der Waals surface area contributed by atoms with E-state index in [1.54, 1.807) is 11.8 Å². The van der Waals surface area contributed by atoms with Crippen molar-refractivity contribution in [2.45, 2.75) is 11.3 Å². The lowest BCUT2D eigenvalue weighted by Gasteiger charge is -2.06. The Morgan fingerprint density at radius 1 is 1.11 bits per heavy atom. The van der Waals surface area contributed by atoms with Crippen LogP contribution in [0.3, 0.4) is 0 Å². The van der Waals surface area contributed by atoms with Crippen LogP contribution < -0.4 is 0 Å². The smallest absolute Gasteiger partial charge is 0.168 e. The van der Waals surface area contributed by atoms with E-state index < -0.39 is 0 Å². The molecule has 0 aliphatic rings. The lowest BCUT2D eigenvalue weighted by Crippen LogP contribution is -2.04. The summed E-state index contributed by atoms with van der Waals surface area (Å²) >= 11 is 5.00. The van der Waals surface area contributed by atoms with Crippen molar-refractivity contribution in [2.75, 3.05) is 6.26 Å². The van der Waals surface area contributed by atoms with E-state index in [1.807, 2.05) is 54.8 Å². The van der Waals surface area contributed by atoms with Gasteiger partial charge in [0, 0.05) is 21.4 Å². The average molecular weight is 321 g/mol. The zero-order chi connectivity index (χ0) is 13.0. The van der Waals surface area contributed by atoms with Crippen molar-refractivity contribution >= 4 is 33.5 Å². The van der Waals surface area contributed by atoms with Gasteiger partial charge in [-0.3, -0.25) is 4.79 Å². The molecule has 92 valence electrons. The molecule has 0 aromatic heterocycles. The molecule has 0 aliphatic carbocycles. The summed E-state index contributed by atoms with van der Waals surface area (Å²) in [5.74, 6) is 0.169. The van der Waals surface area contributed by atoms with E-state index in [-0.39, 0.29) is 5.78 Å². The van der Waals surface area contributed by atoms with Gasteiger partial charge in [-0.2, -0.15) is 0 Å². The molecule has 18 heavy (non-hydrogen) atoms. The molecule has 0 atom stereocenters. The first kappa shape index (κ1) is 13.4. The van der Waals surface area contributed by atoms with Gasteiger partial charge in [0.05, 0.1) is 0 Å². The van der Waals surface area contributed by atoms with Gasteiger partial charge >= 0.3 is 0 Å². The van der Waals surface area contributed by atoms with Crippen LogP contribution in [0.4, 0.5) is 0 Å². The van der Waals surface area contributed by atoms with E-state index in [4.69, 9.17) is 0 Å². The second-order valence-corrected chi connectivity index (χ2v) is 5.69. The molecule has 2 aromatic rings. The predicted octanol–water partition coefficient (Wildman–Crippen LogP) is 4.60. The maximum absolute atomic E-state index is 12.3. The molecule has 0 radical (unpaired) electrons. The van der Waals surface area contributed by atoms with Gasteiger partial charge in [-0.1, -0.05) is 46.3 Å². The summed E-state index contributed by atoms with van der Waals surface area (Å²) in [5, 5.41) is 0. The minimum Gasteiger partial charge on any atom is -0.294 e. The molecule has 0 saturated heterocycles. The monoisotopic (exact) mass is 320 g/mol. The van der Waals surface area contributed by atoms with Crippen molar-refractivity contribution in [1.29, 1.82) is 0 Å². The second-order valence-electron chi connectivity index (χ2n) is 3.93. The topological polar surface area (TPSA) is 17.1 Å². The number of halogens is 1. The highest BCUT2D eigenvalue weighted by molar-refractivity contribution is 9.10. The Morgan fingerprint density at radius 3 is 2.44 bits per heavy atom. The Balaban J connectivity index is 2.19. The maximum atomic E-state index is 12.3. The SMILES string of the molecule is CSc1ccccc1C(=O)Cc1ccc(Br)cc1. The summed E-state index contributed by atoms with van der Waals surface area (Å²) < 4.78 is 1.03. The number of carbonyl (C=O) groups excluding carboxylic acids is 1. The molecule has 1 nitrogen and oxygen atoms in total. The average Bonchev–Trinajstić information content (AvgIpc) is 2.41. The molecule has 0 aliphatic heterocycles. The van der Waals surface area contributed by atoms with Crippen LogP contribution in [-0.4, -0.2) is 12.0 Å². The molecule has 0 heterocycles. The van der Waals surface area contributed by atoms with Crippen molar-refractivity contribution in [2.24, 2.45) is 0 Å². The van der Waals surface area contributed by atoms with Crippen molar-refractivity contribution in [3.63, 3.8) is 0 Å². The van der Waals surface area contributed by atoms with Gasteiger partial charge in [0.2, 0.25) is 0 Å². The largest absolute Gasteiger partial charge is 0.294 e. The van der Waals surface area contributed by atoms with Crippen molar-refractivity contribution in [1.82, 2.24) is 0 Å². The zero-order valence-corrected chi connectivity index (χ0v) is 12.4. The van der Waals surface area contributed by atoms with E-state index in [1.165, 1.54) is 0 Å². The van der Waals surface area contributed by atoms with E-state index in [0.717, 1.165) is 20.5 Å². The summed E-state index contributed by atoms with van der Waals surface area (Å²) in [4.78, 5) is 13.3. The van der Waals surface area contributed by atoms with E-state index in [2.05, 4.69) is 15.9 Å². The standard InChI is InChI=1S/C15H13BrOS/c1-18-15-5-3-2-4-13(15)14(17)10-11-6-8-12(16)9-7-11/h2-9H,10H2,1H3. The number of benzene rings is 2. The molecular weight excluding hydrogens is 308 g/mol. The molecule has 0 saturated carbocycles. The highest BCUT2D eigenvalue weighted by atomic mass is 79.9. The summed E-state index contributed by atoms with van der Waals surface area (Å²) in [7, 11) is 0. The van der Waals surface area contributed by atoms with E-state index >= 15 is 0 Å². The molecule has 0 spiro atoms. The number of hydrogen-bond acceptors (Lipinski definition) is 2.